The first-order valence-electron chi connectivity index (χ1n) is 3.72. The average Bonchev–Trinajstić information content (AvgIpc) is 2.03. The molecule has 1 rings (SSSR count). The quantitative estimate of drug-likeness (QED) is 0.600. The molecule has 1 aromatic carbocycles. The maximum atomic E-state index is 3.88. The summed E-state index contributed by atoms with van der Waals surface area (Å²) in [6, 6.07) is 10.5. The summed E-state index contributed by atoms with van der Waals surface area (Å²) in [6.45, 7) is 5.97. The van der Waals surface area contributed by atoms with Gasteiger partial charge in [-0.2, -0.15) is 0 Å². The third kappa shape index (κ3) is 3.34. The van der Waals surface area contributed by atoms with E-state index in [1.165, 1.54) is 10.9 Å². The predicted octanol–water partition coefficient (Wildman–Crippen LogP) is 3.40. The highest BCUT2D eigenvalue weighted by molar-refractivity contribution is 7.42. The van der Waals surface area contributed by atoms with Crippen molar-refractivity contribution in [3.8, 4) is 0 Å². The molecule has 0 fully saturated rings. The molecule has 0 bridgehead atoms. The van der Waals surface area contributed by atoms with Gasteiger partial charge in [0.25, 0.3) is 0 Å². The maximum absolute atomic E-state index is 3.88. The van der Waals surface area contributed by atoms with Crippen molar-refractivity contribution in [2.24, 2.45) is 0 Å². The van der Waals surface area contributed by atoms with Crippen molar-refractivity contribution in [3.63, 3.8) is 0 Å². The summed E-state index contributed by atoms with van der Waals surface area (Å²) < 4.78 is 0. The molecule has 1 aromatic rings. The lowest BCUT2D eigenvalue weighted by Gasteiger charge is -1.99. The van der Waals surface area contributed by atoms with E-state index in [1.807, 2.05) is 6.07 Å². The van der Waals surface area contributed by atoms with E-state index >= 15 is 0 Å². The zero-order valence-corrected chi connectivity index (χ0v) is 7.80. The second kappa shape index (κ2) is 4.31. The number of hydrogen-bond acceptors (Lipinski definition) is 0. The third-order valence-electron chi connectivity index (χ3n) is 1.44. The number of rotatable bonds is 3. The summed E-state index contributed by atoms with van der Waals surface area (Å²) in [5, 5.41) is 1.29. The van der Waals surface area contributed by atoms with E-state index in [1.54, 1.807) is 0 Å². The summed E-state index contributed by atoms with van der Waals surface area (Å²) >= 11 is 0. The molecule has 58 valence electrons. The molecule has 1 unspecified atom stereocenters. The molecular formula is C10H13P. The second-order valence-corrected chi connectivity index (χ2v) is 4.18. The summed E-state index contributed by atoms with van der Waals surface area (Å²) in [7, 11) is 0.872. The van der Waals surface area contributed by atoms with E-state index in [0.29, 0.717) is 0 Å². The minimum atomic E-state index is 0.872. The van der Waals surface area contributed by atoms with Crippen molar-refractivity contribution in [1.82, 2.24) is 0 Å². The lowest BCUT2D eigenvalue weighted by molar-refractivity contribution is 1.41. The molecule has 0 aliphatic rings. The van der Waals surface area contributed by atoms with Crippen LogP contribution in [0.1, 0.15) is 12.5 Å². The zero-order chi connectivity index (χ0) is 8.10. The first kappa shape index (κ1) is 8.49. The standard InChI is InChI=1S/C10H13P/c1-9(2)11-8-10-6-4-3-5-7-10/h3-7,11H,1,8H2,2H3. The Kier molecular flexibility index (Phi) is 3.32. The van der Waals surface area contributed by atoms with Crippen molar-refractivity contribution in [2.45, 2.75) is 13.1 Å². The molecule has 0 saturated heterocycles. The van der Waals surface area contributed by atoms with Crippen molar-refractivity contribution in [1.29, 1.82) is 0 Å². The monoisotopic (exact) mass is 164 g/mol. The molecule has 0 aromatic heterocycles. The van der Waals surface area contributed by atoms with Gasteiger partial charge in [0.05, 0.1) is 0 Å². The van der Waals surface area contributed by atoms with Crippen LogP contribution < -0.4 is 0 Å². The Balaban J connectivity index is 2.45. The van der Waals surface area contributed by atoms with E-state index in [-0.39, 0.29) is 0 Å². The normalized spacial score (nSPS) is 10.6. The molecular weight excluding hydrogens is 151 g/mol. The molecule has 1 atom stereocenters. The fourth-order valence-electron chi connectivity index (χ4n) is 0.849. The Morgan fingerprint density at radius 2 is 2.00 bits per heavy atom. The molecule has 0 nitrogen and oxygen atoms in total. The molecule has 0 heterocycles. The fourth-order valence-corrected chi connectivity index (χ4v) is 1.59. The molecule has 0 N–H and O–H groups in total. The van der Waals surface area contributed by atoms with Crippen LogP contribution in [0.3, 0.4) is 0 Å². The third-order valence-corrected chi connectivity index (χ3v) is 2.63. The van der Waals surface area contributed by atoms with E-state index < -0.39 is 0 Å². The summed E-state index contributed by atoms with van der Waals surface area (Å²) in [5.41, 5.74) is 1.41. The highest BCUT2D eigenvalue weighted by atomic mass is 31.1. The summed E-state index contributed by atoms with van der Waals surface area (Å²) in [6.07, 6.45) is 1.15. The Morgan fingerprint density at radius 3 is 2.55 bits per heavy atom. The van der Waals surface area contributed by atoms with Crippen LogP contribution in [-0.2, 0) is 6.16 Å². The first-order chi connectivity index (χ1) is 5.29. The van der Waals surface area contributed by atoms with E-state index in [2.05, 4.69) is 37.8 Å². The minimum Gasteiger partial charge on any atom is -0.0959 e. The van der Waals surface area contributed by atoms with Gasteiger partial charge in [-0.15, -0.1) is 0 Å². The molecule has 0 aliphatic carbocycles. The predicted molar refractivity (Wildman–Crippen MR) is 53.3 cm³/mol. The maximum Gasteiger partial charge on any atom is -0.00636 e. The van der Waals surface area contributed by atoms with Gasteiger partial charge in [-0.1, -0.05) is 50.8 Å². The Labute approximate surface area is 70.1 Å². The van der Waals surface area contributed by atoms with Gasteiger partial charge in [0, 0.05) is 0 Å². The lowest BCUT2D eigenvalue weighted by Crippen LogP contribution is -1.75. The Bertz CT molecular complexity index is 226. The van der Waals surface area contributed by atoms with Crippen LogP contribution in [0, 0.1) is 0 Å². The van der Waals surface area contributed by atoms with Crippen LogP contribution in [-0.4, -0.2) is 0 Å². The molecule has 1 heteroatoms. The van der Waals surface area contributed by atoms with Gasteiger partial charge in [-0.05, 0) is 18.6 Å². The van der Waals surface area contributed by atoms with E-state index in [0.717, 1.165) is 14.7 Å². The smallest absolute Gasteiger partial charge is 0.00636 e. The van der Waals surface area contributed by atoms with Crippen molar-refractivity contribution < 1.29 is 0 Å². The fraction of sp³-hybridized carbons (Fsp3) is 0.200. The molecule has 0 spiro atoms. The number of benzene rings is 1. The molecule has 0 saturated carbocycles. The zero-order valence-electron chi connectivity index (χ0n) is 6.80. The van der Waals surface area contributed by atoms with Gasteiger partial charge >= 0.3 is 0 Å². The van der Waals surface area contributed by atoms with Crippen LogP contribution in [0.5, 0.6) is 0 Å². The van der Waals surface area contributed by atoms with Gasteiger partial charge in [-0.25, -0.2) is 0 Å². The van der Waals surface area contributed by atoms with Crippen molar-refractivity contribution in [3.05, 3.63) is 47.8 Å². The number of hydrogen-bond donors (Lipinski definition) is 0. The van der Waals surface area contributed by atoms with Crippen LogP contribution in [0.25, 0.3) is 0 Å². The van der Waals surface area contributed by atoms with Crippen LogP contribution in [0.2, 0.25) is 0 Å². The van der Waals surface area contributed by atoms with E-state index in [9.17, 15) is 0 Å². The Hall–Kier alpha value is -0.610. The van der Waals surface area contributed by atoms with Gasteiger partial charge in [-0.3, -0.25) is 0 Å². The Morgan fingerprint density at radius 1 is 1.36 bits per heavy atom. The topological polar surface area (TPSA) is 0 Å². The second-order valence-electron chi connectivity index (χ2n) is 2.62. The van der Waals surface area contributed by atoms with Gasteiger partial charge in [0.1, 0.15) is 0 Å². The molecule has 0 amide bonds. The SMILES string of the molecule is C=C(C)PCc1ccccc1. The highest BCUT2D eigenvalue weighted by Gasteiger charge is 1.89. The number of allylic oxidation sites excluding steroid dienone is 1. The highest BCUT2D eigenvalue weighted by Crippen LogP contribution is 2.25. The lowest BCUT2D eigenvalue weighted by atomic mass is 10.2. The summed E-state index contributed by atoms with van der Waals surface area (Å²) in [5.74, 6) is 0. The summed E-state index contributed by atoms with van der Waals surface area (Å²) in [4.78, 5) is 0. The molecule has 0 radical (unpaired) electrons. The largest absolute Gasteiger partial charge is 0.0959 e. The van der Waals surface area contributed by atoms with Crippen LogP contribution >= 0.6 is 8.58 Å². The van der Waals surface area contributed by atoms with E-state index in [4.69, 9.17) is 0 Å². The minimum absolute atomic E-state index is 0.872. The average molecular weight is 164 g/mol. The first-order valence-corrected chi connectivity index (χ1v) is 4.93. The van der Waals surface area contributed by atoms with Gasteiger partial charge < -0.3 is 0 Å². The molecule has 0 aliphatic heterocycles. The van der Waals surface area contributed by atoms with Crippen molar-refractivity contribution >= 4 is 8.58 Å². The van der Waals surface area contributed by atoms with Crippen LogP contribution in [0.4, 0.5) is 0 Å². The van der Waals surface area contributed by atoms with Crippen molar-refractivity contribution in [2.75, 3.05) is 0 Å². The van der Waals surface area contributed by atoms with Gasteiger partial charge in [0.2, 0.25) is 0 Å². The molecule has 11 heavy (non-hydrogen) atoms. The van der Waals surface area contributed by atoms with Gasteiger partial charge in [0.15, 0.2) is 0 Å². The van der Waals surface area contributed by atoms with Crippen LogP contribution in [0.15, 0.2) is 42.2 Å².